The average Bonchev–Trinajstić information content (AvgIpc) is 2.32. The predicted octanol–water partition coefficient (Wildman–Crippen LogP) is 2.34. The number of hydrogen-bond donors (Lipinski definition) is 0. The molecule has 0 spiro atoms. The van der Waals surface area contributed by atoms with Crippen molar-refractivity contribution in [1.29, 1.82) is 0 Å². The van der Waals surface area contributed by atoms with Gasteiger partial charge in [-0.2, -0.15) is 0 Å². The number of benzene rings is 1. The first-order valence-corrected chi connectivity index (χ1v) is 5.36. The van der Waals surface area contributed by atoms with Crippen LogP contribution in [0.5, 0.6) is 0 Å². The van der Waals surface area contributed by atoms with Crippen LogP contribution in [0.4, 0.5) is 0 Å². The van der Waals surface area contributed by atoms with E-state index < -0.39 is 0 Å². The Morgan fingerprint density at radius 3 is 2.44 bits per heavy atom. The summed E-state index contributed by atoms with van der Waals surface area (Å²) in [5, 5.41) is 16.3. The Morgan fingerprint density at radius 2 is 1.88 bits per heavy atom. The van der Waals surface area contributed by atoms with E-state index in [1.807, 2.05) is 44.2 Å². The van der Waals surface area contributed by atoms with Crippen molar-refractivity contribution < 1.29 is 9.81 Å². The largest absolute Gasteiger partial charge is 0.569 e. The summed E-state index contributed by atoms with van der Waals surface area (Å²) in [5.74, 6) is 0. The highest BCUT2D eigenvalue weighted by atomic mass is 16.7. The van der Waals surface area contributed by atoms with Crippen LogP contribution in [0.25, 0.3) is 0 Å². The van der Waals surface area contributed by atoms with Gasteiger partial charge in [0.15, 0.2) is 0 Å². The molecule has 0 N–H and O–H groups in total. The molecule has 0 atom stereocenters. The SMILES string of the molecule is CCN(CC)/[N+]([O-])=N/OCc1ccccc1. The van der Waals surface area contributed by atoms with Crippen LogP contribution in [0.2, 0.25) is 0 Å². The smallest absolute Gasteiger partial charge is 0.233 e. The third-order valence-corrected chi connectivity index (χ3v) is 2.17. The van der Waals surface area contributed by atoms with Crippen LogP contribution in [0, 0.1) is 5.21 Å². The molecular weight excluding hydrogens is 206 g/mol. The van der Waals surface area contributed by atoms with Crippen LogP contribution in [0.1, 0.15) is 19.4 Å². The van der Waals surface area contributed by atoms with E-state index in [0.29, 0.717) is 24.7 Å². The molecule has 0 aliphatic carbocycles. The molecular formula is C11H17N3O2. The maximum absolute atomic E-state index is 11.3. The van der Waals surface area contributed by atoms with Gasteiger partial charge in [0, 0.05) is 0 Å². The van der Waals surface area contributed by atoms with Gasteiger partial charge in [-0.25, -0.2) is 0 Å². The molecule has 5 heteroatoms. The second-order valence-corrected chi connectivity index (χ2v) is 3.23. The van der Waals surface area contributed by atoms with Crippen molar-refractivity contribution in [2.45, 2.75) is 20.5 Å². The molecule has 0 saturated carbocycles. The van der Waals surface area contributed by atoms with E-state index in [0.717, 1.165) is 5.56 Å². The lowest BCUT2D eigenvalue weighted by molar-refractivity contribution is -0.710. The lowest BCUT2D eigenvalue weighted by atomic mass is 10.2. The molecule has 0 fully saturated rings. The van der Waals surface area contributed by atoms with E-state index in [1.165, 1.54) is 5.01 Å². The fourth-order valence-corrected chi connectivity index (χ4v) is 1.24. The van der Waals surface area contributed by atoms with Gasteiger partial charge in [-0.3, -0.25) is 0 Å². The fraction of sp³-hybridized carbons (Fsp3) is 0.455. The standard InChI is InChI=1S/C11H17N3O2/c1-3-13(4-2)14(15)12-16-10-11-8-6-5-7-9-11/h5-9H,3-4,10H2,1-2H3/b14-12-. The minimum Gasteiger partial charge on any atom is -0.569 e. The Labute approximate surface area is 95.5 Å². The van der Waals surface area contributed by atoms with Crippen LogP contribution >= 0.6 is 0 Å². The molecule has 88 valence electrons. The summed E-state index contributed by atoms with van der Waals surface area (Å²) in [6.07, 6.45) is 0. The molecule has 0 heterocycles. The van der Waals surface area contributed by atoms with Gasteiger partial charge in [0.1, 0.15) is 6.61 Å². The topological polar surface area (TPSA) is 50.9 Å². The monoisotopic (exact) mass is 223 g/mol. The highest BCUT2D eigenvalue weighted by molar-refractivity contribution is 5.13. The van der Waals surface area contributed by atoms with E-state index in [1.54, 1.807) is 0 Å². The molecule has 1 rings (SSSR count). The quantitative estimate of drug-likeness (QED) is 0.422. The zero-order chi connectivity index (χ0) is 11.8. The summed E-state index contributed by atoms with van der Waals surface area (Å²) in [5.41, 5.74) is 0.985. The molecule has 16 heavy (non-hydrogen) atoms. The van der Waals surface area contributed by atoms with Gasteiger partial charge < -0.3 is 10.0 Å². The summed E-state index contributed by atoms with van der Waals surface area (Å²) in [6, 6.07) is 9.59. The van der Waals surface area contributed by atoms with E-state index in [9.17, 15) is 5.21 Å². The number of rotatable bonds is 6. The first kappa shape index (κ1) is 12.3. The molecule has 0 radical (unpaired) electrons. The Balaban J connectivity index is 2.42. The van der Waals surface area contributed by atoms with Gasteiger partial charge in [-0.1, -0.05) is 30.3 Å². The van der Waals surface area contributed by atoms with Crippen molar-refractivity contribution in [3.8, 4) is 0 Å². The Morgan fingerprint density at radius 1 is 1.25 bits per heavy atom. The molecule has 1 aromatic rings. The van der Waals surface area contributed by atoms with Crippen molar-refractivity contribution >= 4 is 0 Å². The van der Waals surface area contributed by atoms with Crippen molar-refractivity contribution in [3.05, 3.63) is 41.1 Å². The molecule has 0 aliphatic heterocycles. The average molecular weight is 223 g/mol. The lowest BCUT2D eigenvalue weighted by Crippen LogP contribution is -2.30. The summed E-state index contributed by atoms with van der Waals surface area (Å²) >= 11 is 0. The second kappa shape index (κ2) is 6.66. The van der Waals surface area contributed by atoms with Gasteiger partial charge in [-0.15, -0.1) is 5.01 Å². The van der Waals surface area contributed by atoms with Crippen molar-refractivity contribution in [1.82, 2.24) is 5.01 Å². The Bertz CT molecular complexity index is 323. The molecule has 5 nitrogen and oxygen atoms in total. The molecule has 0 amide bonds. The molecule has 1 aromatic carbocycles. The second-order valence-electron chi connectivity index (χ2n) is 3.23. The normalized spacial score (nSPS) is 11.2. The van der Waals surface area contributed by atoms with Crippen LogP contribution in [0.3, 0.4) is 0 Å². The minimum atomic E-state index is 0.306. The number of nitrogens with zero attached hydrogens (tertiary/aromatic N) is 3. The molecule has 0 bridgehead atoms. The Hall–Kier alpha value is -1.78. The number of hydrazine groups is 1. The zero-order valence-electron chi connectivity index (χ0n) is 9.67. The van der Waals surface area contributed by atoms with Gasteiger partial charge >= 0.3 is 0 Å². The van der Waals surface area contributed by atoms with E-state index in [2.05, 4.69) is 5.28 Å². The van der Waals surface area contributed by atoms with Gasteiger partial charge in [0.25, 0.3) is 0 Å². The molecule has 0 saturated heterocycles. The highest BCUT2D eigenvalue weighted by Gasteiger charge is 2.06. The summed E-state index contributed by atoms with van der Waals surface area (Å²) < 4.78 is 0. The van der Waals surface area contributed by atoms with Gasteiger partial charge in [0.2, 0.25) is 5.28 Å². The minimum absolute atomic E-state index is 0.306. The van der Waals surface area contributed by atoms with Crippen LogP contribution < -0.4 is 0 Å². The number of hydrogen-bond acceptors (Lipinski definition) is 3. The first-order chi connectivity index (χ1) is 7.77. The predicted molar refractivity (Wildman–Crippen MR) is 60.2 cm³/mol. The summed E-state index contributed by atoms with van der Waals surface area (Å²) in [7, 11) is 0. The van der Waals surface area contributed by atoms with E-state index >= 15 is 0 Å². The van der Waals surface area contributed by atoms with E-state index in [4.69, 9.17) is 4.84 Å². The maximum atomic E-state index is 11.3. The van der Waals surface area contributed by atoms with Crippen LogP contribution in [0.15, 0.2) is 35.6 Å². The third kappa shape index (κ3) is 3.76. The summed E-state index contributed by atoms with van der Waals surface area (Å²) in [6.45, 7) is 5.31. The third-order valence-electron chi connectivity index (χ3n) is 2.17. The Kier molecular flexibility index (Phi) is 5.11. The van der Waals surface area contributed by atoms with E-state index in [-0.39, 0.29) is 0 Å². The van der Waals surface area contributed by atoms with Gasteiger partial charge in [-0.05, 0) is 19.4 Å². The van der Waals surface area contributed by atoms with Crippen LogP contribution in [-0.4, -0.2) is 23.1 Å². The molecule has 0 aliphatic rings. The zero-order valence-corrected chi connectivity index (χ0v) is 9.67. The fourth-order valence-electron chi connectivity index (χ4n) is 1.24. The molecule has 0 unspecified atom stereocenters. The van der Waals surface area contributed by atoms with Crippen LogP contribution in [-0.2, 0) is 11.4 Å². The summed E-state index contributed by atoms with van der Waals surface area (Å²) in [4.78, 5) is 5.45. The van der Waals surface area contributed by atoms with Crippen molar-refractivity contribution in [2.75, 3.05) is 13.1 Å². The maximum Gasteiger partial charge on any atom is 0.233 e. The first-order valence-electron chi connectivity index (χ1n) is 5.36. The van der Waals surface area contributed by atoms with Crippen molar-refractivity contribution in [3.63, 3.8) is 0 Å². The molecule has 0 aromatic heterocycles. The lowest BCUT2D eigenvalue weighted by Gasteiger charge is -2.13. The van der Waals surface area contributed by atoms with Crippen molar-refractivity contribution in [2.24, 2.45) is 5.28 Å². The van der Waals surface area contributed by atoms with Gasteiger partial charge in [0.05, 0.1) is 18.1 Å². The highest BCUT2D eigenvalue weighted by Crippen LogP contribution is 2.01.